The fraction of sp³-hybridized carbons (Fsp3) is 0.389. The fourth-order valence-corrected chi connectivity index (χ4v) is 3.00. The van der Waals surface area contributed by atoms with Gasteiger partial charge in [-0.2, -0.15) is 0 Å². The SMILES string of the molecule is CC(C)NC(=O)c1ccc(N2CCN(c3cccc(Cl)c3)CC2)nn1. The van der Waals surface area contributed by atoms with E-state index in [9.17, 15) is 4.79 Å². The Bertz CT molecular complexity index is 727. The van der Waals surface area contributed by atoms with Gasteiger partial charge in [-0.15, -0.1) is 10.2 Å². The molecule has 2 heterocycles. The summed E-state index contributed by atoms with van der Waals surface area (Å²) in [6, 6.07) is 11.6. The Hall–Kier alpha value is -2.34. The minimum absolute atomic E-state index is 0.0774. The lowest BCUT2D eigenvalue weighted by Gasteiger charge is -2.36. The monoisotopic (exact) mass is 359 g/mol. The quantitative estimate of drug-likeness (QED) is 0.909. The minimum atomic E-state index is -0.195. The van der Waals surface area contributed by atoms with Gasteiger partial charge in [0.2, 0.25) is 0 Å². The van der Waals surface area contributed by atoms with E-state index in [-0.39, 0.29) is 11.9 Å². The van der Waals surface area contributed by atoms with E-state index in [0.29, 0.717) is 5.69 Å². The molecule has 0 spiro atoms. The van der Waals surface area contributed by atoms with Gasteiger partial charge in [-0.3, -0.25) is 4.79 Å². The number of anilines is 2. The third-order valence-corrected chi connectivity index (χ3v) is 4.31. The van der Waals surface area contributed by atoms with Gasteiger partial charge in [0.15, 0.2) is 11.5 Å². The van der Waals surface area contributed by atoms with Gasteiger partial charge < -0.3 is 15.1 Å². The number of aromatic nitrogens is 2. The van der Waals surface area contributed by atoms with Crippen molar-refractivity contribution in [3.05, 3.63) is 47.1 Å². The van der Waals surface area contributed by atoms with Crippen molar-refractivity contribution in [3.63, 3.8) is 0 Å². The first kappa shape index (κ1) is 17.5. The Kier molecular flexibility index (Phi) is 5.38. The van der Waals surface area contributed by atoms with Gasteiger partial charge in [-0.1, -0.05) is 17.7 Å². The number of halogens is 1. The van der Waals surface area contributed by atoms with Crippen LogP contribution in [0.2, 0.25) is 5.02 Å². The van der Waals surface area contributed by atoms with Crippen LogP contribution in [-0.2, 0) is 0 Å². The standard InChI is InChI=1S/C18H22ClN5O/c1-13(2)20-18(25)16-6-7-17(22-21-16)24-10-8-23(9-11-24)15-5-3-4-14(19)12-15/h3-7,12-13H,8-11H2,1-2H3,(H,20,25). The summed E-state index contributed by atoms with van der Waals surface area (Å²) in [4.78, 5) is 16.4. The van der Waals surface area contributed by atoms with Crippen LogP contribution in [-0.4, -0.2) is 48.3 Å². The highest BCUT2D eigenvalue weighted by atomic mass is 35.5. The molecule has 132 valence electrons. The van der Waals surface area contributed by atoms with E-state index < -0.39 is 0 Å². The lowest BCUT2D eigenvalue weighted by Crippen LogP contribution is -2.47. The second-order valence-corrected chi connectivity index (χ2v) is 6.80. The summed E-state index contributed by atoms with van der Waals surface area (Å²) in [6.07, 6.45) is 0. The first-order valence-corrected chi connectivity index (χ1v) is 8.81. The third-order valence-electron chi connectivity index (χ3n) is 4.08. The van der Waals surface area contributed by atoms with Crippen molar-refractivity contribution < 1.29 is 4.79 Å². The lowest BCUT2D eigenvalue weighted by molar-refractivity contribution is 0.0937. The van der Waals surface area contributed by atoms with E-state index in [4.69, 9.17) is 11.6 Å². The fourth-order valence-electron chi connectivity index (χ4n) is 2.82. The molecule has 0 atom stereocenters. The van der Waals surface area contributed by atoms with Gasteiger partial charge in [-0.05, 0) is 44.2 Å². The maximum Gasteiger partial charge on any atom is 0.271 e. The molecule has 3 rings (SSSR count). The molecule has 25 heavy (non-hydrogen) atoms. The molecule has 1 aliphatic heterocycles. The van der Waals surface area contributed by atoms with Crippen molar-refractivity contribution in [2.45, 2.75) is 19.9 Å². The molecule has 1 fully saturated rings. The molecule has 7 heteroatoms. The highest BCUT2D eigenvalue weighted by molar-refractivity contribution is 6.30. The van der Waals surface area contributed by atoms with E-state index in [1.165, 1.54) is 0 Å². The Morgan fingerprint density at radius 3 is 2.40 bits per heavy atom. The Balaban J connectivity index is 1.60. The Morgan fingerprint density at radius 2 is 1.80 bits per heavy atom. The topological polar surface area (TPSA) is 61.4 Å². The van der Waals surface area contributed by atoms with Crippen LogP contribution < -0.4 is 15.1 Å². The minimum Gasteiger partial charge on any atom is -0.368 e. The number of hydrogen-bond acceptors (Lipinski definition) is 5. The van der Waals surface area contributed by atoms with Crippen molar-refractivity contribution in [3.8, 4) is 0 Å². The number of benzene rings is 1. The number of hydrogen-bond donors (Lipinski definition) is 1. The predicted molar refractivity (Wildman–Crippen MR) is 101 cm³/mol. The van der Waals surface area contributed by atoms with Gasteiger partial charge in [0, 0.05) is 42.9 Å². The maximum absolute atomic E-state index is 11.9. The van der Waals surface area contributed by atoms with Crippen molar-refractivity contribution >= 4 is 29.0 Å². The molecule has 1 saturated heterocycles. The van der Waals surface area contributed by atoms with Crippen molar-refractivity contribution in [1.82, 2.24) is 15.5 Å². The summed E-state index contributed by atoms with van der Waals surface area (Å²) in [5.41, 5.74) is 1.48. The largest absolute Gasteiger partial charge is 0.368 e. The first-order valence-electron chi connectivity index (χ1n) is 8.43. The molecule has 6 nitrogen and oxygen atoms in total. The molecule has 0 saturated carbocycles. The summed E-state index contributed by atoms with van der Waals surface area (Å²) < 4.78 is 0. The summed E-state index contributed by atoms with van der Waals surface area (Å²) >= 11 is 6.07. The van der Waals surface area contributed by atoms with Crippen LogP contribution in [0.25, 0.3) is 0 Å². The number of piperazine rings is 1. The Labute approximate surface area is 152 Å². The number of nitrogens with zero attached hydrogens (tertiary/aromatic N) is 4. The molecule has 1 aromatic heterocycles. The molecule has 1 aromatic carbocycles. The van der Waals surface area contributed by atoms with Crippen molar-refractivity contribution in [2.24, 2.45) is 0 Å². The third kappa shape index (κ3) is 4.39. The zero-order valence-corrected chi connectivity index (χ0v) is 15.2. The number of rotatable bonds is 4. The highest BCUT2D eigenvalue weighted by Crippen LogP contribution is 2.22. The van der Waals surface area contributed by atoms with Gasteiger partial charge in [0.1, 0.15) is 0 Å². The zero-order valence-electron chi connectivity index (χ0n) is 14.4. The normalized spacial score (nSPS) is 14.7. The van der Waals surface area contributed by atoms with Gasteiger partial charge in [-0.25, -0.2) is 0 Å². The summed E-state index contributed by atoms with van der Waals surface area (Å²) in [6.45, 7) is 7.30. The Morgan fingerprint density at radius 1 is 1.08 bits per heavy atom. The number of carbonyl (C=O) groups excluding carboxylic acids is 1. The van der Waals surface area contributed by atoms with Gasteiger partial charge in [0.05, 0.1) is 0 Å². The second-order valence-electron chi connectivity index (χ2n) is 6.36. The smallest absolute Gasteiger partial charge is 0.271 e. The molecule has 1 amide bonds. The highest BCUT2D eigenvalue weighted by Gasteiger charge is 2.19. The molecule has 0 aliphatic carbocycles. The van der Waals surface area contributed by atoms with Crippen LogP contribution in [0.3, 0.4) is 0 Å². The molecule has 0 bridgehead atoms. The van der Waals surface area contributed by atoms with E-state index in [1.807, 2.05) is 38.1 Å². The van der Waals surface area contributed by atoms with E-state index >= 15 is 0 Å². The lowest BCUT2D eigenvalue weighted by atomic mass is 10.2. The summed E-state index contributed by atoms with van der Waals surface area (Å²) in [5, 5.41) is 11.8. The van der Waals surface area contributed by atoms with E-state index in [2.05, 4.69) is 31.4 Å². The van der Waals surface area contributed by atoms with Gasteiger partial charge >= 0.3 is 0 Å². The van der Waals surface area contributed by atoms with Crippen molar-refractivity contribution in [1.29, 1.82) is 0 Å². The van der Waals surface area contributed by atoms with Crippen molar-refractivity contribution in [2.75, 3.05) is 36.0 Å². The van der Waals surface area contributed by atoms with E-state index in [1.54, 1.807) is 6.07 Å². The summed E-state index contributed by atoms with van der Waals surface area (Å²) in [7, 11) is 0. The molecule has 1 aliphatic rings. The summed E-state index contributed by atoms with van der Waals surface area (Å²) in [5.74, 6) is 0.603. The molecule has 0 unspecified atom stereocenters. The molecule has 0 radical (unpaired) electrons. The van der Waals surface area contributed by atoms with Crippen LogP contribution in [0.15, 0.2) is 36.4 Å². The van der Waals surface area contributed by atoms with Gasteiger partial charge in [0.25, 0.3) is 5.91 Å². The van der Waals surface area contributed by atoms with Crippen LogP contribution in [0.1, 0.15) is 24.3 Å². The number of amides is 1. The number of carbonyl (C=O) groups is 1. The molecule has 2 aromatic rings. The van der Waals surface area contributed by atoms with Crippen LogP contribution in [0.4, 0.5) is 11.5 Å². The molecular weight excluding hydrogens is 338 g/mol. The zero-order chi connectivity index (χ0) is 17.8. The maximum atomic E-state index is 11.9. The average Bonchev–Trinajstić information content (AvgIpc) is 2.61. The van der Waals surface area contributed by atoms with Crippen LogP contribution in [0, 0.1) is 0 Å². The second kappa shape index (κ2) is 7.70. The molecular formula is C18H22ClN5O. The van der Waals surface area contributed by atoms with Crippen LogP contribution >= 0.6 is 11.6 Å². The van der Waals surface area contributed by atoms with E-state index in [0.717, 1.165) is 42.7 Å². The van der Waals surface area contributed by atoms with Crippen LogP contribution in [0.5, 0.6) is 0 Å². The predicted octanol–water partition coefficient (Wildman–Crippen LogP) is 2.59. The molecule has 1 N–H and O–H groups in total. The number of nitrogens with one attached hydrogen (secondary N) is 1. The first-order chi connectivity index (χ1) is 12.0. The average molecular weight is 360 g/mol.